The first-order chi connectivity index (χ1) is 8.54. The Morgan fingerprint density at radius 2 is 2.17 bits per heavy atom. The maximum atomic E-state index is 11.9. The minimum Gasteiger partial charge on any atom is -0.399 e. The van der Waals surface area contributed by atoms with E-state index in [0.717, 1.165) is 5.56 Å². The summed E-state index contributed by atoms with van der Waals surface area (Å²) >= 11 is 0. The van der Waals surface area contributed by atoms with E-state index in [1.165, 1.54) is 0 Å². The zero-order valence-corrected chi connectivity index (χ0v) is 11.0. The SMILES string of the molecule is CC(CCO)CNC(=O)C(C)c1cccc(N)c1. The molecule has 100 valence electrons. The van der Waals surface area contributed by atoms with Gasteiger partial charge >= 0.3 is 0 Å². The fourth-order valence-electron chi connectivity index (χ4n) is 1.73. The summed E-state index contributed by atoms with van der Waals surface area (Å²) < 4.78 is 0. The van der Waals surface area contributed by atoms with Crippen molar-refractivity contribution in [3.63, 3.8) is 0 Å². The number of anilines is 1. The molecule has 0 saturated carbocycles. The van der Waals surface area contributed by atoms with E-state index in [-0.39, 0.29) is 24.3 Å². The first kappa shape index (κ1) is 14.5. The number of amides is 1. The van der Waals surface area contributed by atoms with E-state index in [9.17, 15) is 4.79 Å². The van der Waals surface area contributed by atoms with Crippen LogP contribution in [0.5, 0.6) is 0 Å². The Kier molecular flexibility index (Phi) is 5.65. The number of aliphatic hydroxyl groups is 1. The Morgan fingerprint density at radius 1 is 1.44 bits per heavy atom. The minimum absolute atomic E-state index is 0.00890. The number of aliphatic hydroxyl groups excluding tert-OH is 1. The lowest BCUT2D eigenvalue weighted by atomic mass is 9.99. The molecule has 18 heavy (non-hydrogen) atoms. The van der Waals surface area contributed by atoms with Crippen molar-refractivity contribution in [1.29, 1.82) is 0 Å². The summed E-state index contributed by atoms with van der Waals surface area (Å²) in [4.78, 5) is 11.9. The van der Waals surface area contributed by atoms with E-state index in [2.05, 4.69) is 5.32 Å². The third kappa shape index (κ3) is 4.37. The van der Waals surface area contributed by atoms with Crippen molar-refractivity contribution in [2.75, 3.05) is 18.9 Å². The molecule has 0 radical (unpaired) electrons. The molecule has 0 fully saturated rings. The van der Waals surface area contributed by atoms with Gasteiger partial charge in [0.1, 0.15) is 0 Å². The van der Waals surface area contributed by atoms with Gasteiger partial charge in [0.2, 0.25) is 5.91 Å². The molecule has 0 spiro atoms. The van der Waals surface area contributed by atoms with Crippen LogP contribution in [-0.4, -0.2) is 24.2 Å². The summed E-state index contributed by atoms with van der Waals surface area (Å²) in [6.07, 6.45) is 0.701. The van der Waals surface area contributed by atoms with Crippen molar-refractivity contribution >= 4 is 11.6 Å². The van der Waals surface area contributed by atoms with Crippen molar-refractivity contribution in [3.05, 3.63) is 29.8 Å². The Hall–Kier alpha value is -1.55. The summed E-state index contributed by atoms with van der Waals surface area (Å²) in [6.45, 7) is 4.61. The zero-order chi connectivity index (χ0) is 13.5. The standard InChI is InChI=1S/C14H22N2O2/c1-10(6-7-17)9-16-14(18)11(2)12-4-3-5-13(15)8-12/h3-5,8,10-11,17H,6-7,9,15H2,1-2H3,(H,16,18). The number of nitrogens with one attached hydrogen (secondary N) is 1. The van der Waals surface area contributed by atoms with Crippen LogP contribution in [0.3, 0.4) is 0 Å². The highest BCUT2D eigenvalue weighted by Crippen LogP contribution is 2.17. The minimum atomic E-state index is -0.213. The third-order valence-electron chi connectivity index (χ3n) is 3.05. The Morgan fingerprint density at radius 3 is 2.78 bits per heavy atom. The van der Waals surface area contributed by atoms with Crippen LogP contribution < -0.4 is 11.1 Å². The van der Waals surface area contributed by atoms with E-state index in [0.29, 0.717) is 18.7 Å². The average Bonchev–Trinajstić information content (AvgIpc) is 2.35. The van der Waals surface area contributed by atoms with Crippen LogP contribution >= 0.6 is 0 Å². The number of nitrogens with two attached hydrogens (primary N) is 1. The van der Waals surface area contributed by atoms with Crippen LogP contribution in [0.25, 0.3) is 0 Å². The smallest absolute Gasteiger partial charge is 0.227 e. The van der Waals surface area contributed by atoms with Gasteiger partial charge in [-0.1, -0.05) is 19.1 Å². The van der Waals surface area contributed by atoms with Crippen molar-refractivity contribution < 1.29 is 9.90 Å². The van der Waals surface area contributed by atoms with E-state index in [1.54, 1.807) is 6.07 Å². The summed E-state index contributed by atoms with van der Waals surface area (Å²) in [6, 6.07) is 7.37. The van der Waals surface area contributed by atoms with Crippen LogP contribution in [0.1, 0.15) is 31.7 Å². The predicted molar refractivity (Wildman–Crippen MR) is 73.1 cm³/mol. The molecule has 0 aromatic heterocycles. The fourth-order valence-corrected chi connectivity index (χ4v) is 1.73. The molecule has 1 aromatic carbocycles. The maximum Gasteiger partial charge on any atom is 0.227 e. The van der Waals surface area contributed by atoms with Crippen LogP contribution in [-0.2, 0) is 4.79 Å². The summed E-state index contributed by atoms with van der Waals surface area (Å²) in [5.41, 5.74) is 7.29. The van der Waals surface area contributed by atoms with Gasteiger partial charge in [-0.25, -0.2) is 0 Å². The summed E-state index contributed by atoms with van der Waals surface area (Å²) in [5.74, 6) is 0.0622. The van der Waals surface area contributed by atoms with Crippen molar-refractivity contribution in [1.82, 2.24) is 5.32 Å². The molecule has 1 rings (SSSR count). The second kappa shape index (κ2) is 7.01. The van der Waals surface area contributed by atoms with Gasteiger partial charge < -0.3 is 16.2 Å². The highest BCUT2D eigenvalue weighted by Gasteiger charge is 2.15. The molecule has 4 heteroatoms. The van der Waals surface area contributed by atoms with E-state index >= 15 is 0 Å². The highest BCUT2D eigenvalue weighted by atomic mass is 16.3. The molecule has 0 bridgehead atoms. The number of rotatable bonds is 6. The van der Waals surface area contributed by atoms with E-state index in [4.69, 9.17) is 10.8 Å². The van der Waals surface area contributed by atoms with Gasteiger partial charge in [-0.2, -0.15) is 0 Å². The monoisotopic (exact) mass is 250 g/mol. The van der Waals surface area contributed by atoms with E-state index in [1.807, 2.05) is 32.0 Å². The van der Waals surface area contributed by atoms with Crippen LogP contribution in [0.2, 0.25) is 0 Å². The zero-order valence-electron chi connectivity index (χ0n) is 11.0. The lowest BCUT2D eigenvalue weighted by Gasteiger charge is -2.15. The van der Waals surface area contributed by atoms with Crippen molar-refractivity contribution in [2.45, 2.75) is 26.2 Å². The Balaban J connectivity index is 2.51. The van der Waals surface area contributed by atoms with Gasteiger partial charge in [0, 0.05) is 18.8 Å². The average molecular weight is 250 g/mol. The van der Waals surface area contributed by atoms with E-state index < -0.39 is 0 Å². The van der Waals surface area contributed by atoms with Gasteiger partial charge in [-0.05, 0) is 37.0 Å². The van der Waals surface area contributed by atoms with Gasteiger partial charge in [0.15, 0.2) is 0 Å². The largest absolute Gasteiger partial charge is 0.399 e. The number of hydrogen-bond donors (Lipinski definition) is 3. The molecule has 0 aliphatic carbocycles. The van der Waals surface area contributed by atoms with Crippen LogP contribution in [0.4, 0.5) is 5.69 Å². The van der Waals surface area contributed by atoms with Crippen LogP contribution in [0, 0.1) is 5.92 Å². The second-order valence-electron chi connectivity index (χ2n) is 4.75. The van der Waals surface area contributed by atoms with Crippen LogP contribution in [0.15, 0.2) is 24.3 Å². The van der Waals surface area contributed by atoms with Gasteiger partial charge in [0.25, 0.3) is 0 Å². The lowest BCUT2D eigenvalue weighted by Crippen LogP contribution is -2.32. The fraction of sp³-hybridized carbons (Fsp3) is 0.500. The number of hydrogen-bond acceptors (Lipinski definition) is 3. The molecule has 4 N–H and O–H groups in total. The van der Waals surface area contributed by atoms with Crippen molar-refractivity contribution in [2.24, 2.45) is 5.92 Å². The number of carbonyl (C=O) groups excluding carboxylic acids is 1. The molecule has 2 atom stereocenters. The normalized spacial score (nSPS) is 13.9. The lowest BCUT2D eigenvalue weighted by molar-refractivity contribution is -0.122. The molecular formula is C14H22N2O2. The molecule has 4 nitrogen and oxygen atoms in total. The second-order valence-corrected chi connectivity index (χ2v) is 4.75. The molecule has 0 aliphatic rings. The predicted octanol–water partition coefficient (Wildman–Crippen LogP) is 1.51. The number of carbonyl (C=O) groups is 1. The first-order valence-corrected chi connectivity index (χ1v) is 6.28. The van der Waals surface area contributed by atoms with Crippen molar-refractivity contribution in [3.8, 4) is 0 Å². The quantitative estimate of drug-likeness (QED) is 0.670. The molecule has 0 aliphatic heterocycles. The molecule has 0 saturated heterocycles. The summed E-state index contributed by atoms with van der Waals surface area (Å²) in [7, 11) is 0. The Bertz CT molecular complexity index is 393. The Labute approximate surface area is 108 Å². The molecule has 1 aromatic rings. The number of nitrogen functional groups attached to an aromatic ring is 1. The first-order valence-electron chi connectivity index (χ1n) is 6.28. The van der Waals surface area contributed by atoms with Gasteiger partial charge in [0.05, 0.1) is 5.92 Å². The topological polar surface area (TPSA) is 75.3 Å². The molecule has 0 heterocycles. The third-order valence-corrected chi connectivity index (χ3v) is 3.05. The van der Waals surface area contributed by atoms with Gasteiger partial charge in [-0.15, -0.1) is 0 Å². The molecule has 2 unspecified atom stereocenters. The molecular weight excluding hydrogens is 228 g/mol. The molecule has 1 amide bonds. The summed E-state index contributed by atoms with van der Waals surface area (Å²) in [5, 5.41) is 11.7. The maximum absolute atomic E-state index is 11.9. The van der Waals surface area contributed by atoms with Gasteiger partial charge in [-0.3, -0.25) is 4.79 Å². The highest BCUT2D eigenvalue weighted by molar-refractivity contribution is 5.83. The number of benzene rings is 1.